The molecule has 1 fully saturated rings. The molecule has 18 heavy (non-hydrogen) atoms. The van der Waals surface area contributed by atoms with E-state index in [0.29, 0.717) is 12.5 Å². The van der Waals surface area contributed by atoms with Crippen LogP contribution in [0.1, 0.15) is 23.3 Å². The maximum atomic E-state index is 12.1. The monoisotopic (exact) mass is 269 g/mol. The predicted octanol–water partition coefficient (Wildman–Crippen LogP) is 1.07. The average molecular weight is 270 g/mol. The molecule has 1 aromatic heterocycles. The quantitative estimate of drug-likeness (QED) is 0.864. The van der Waals surface area contributed by atoms with Crippen molar-refractivity contribution >= 4 is 23.5 Å². The van der Waals surface area contributed by atoms with Gasteiger partial charge in [-0.15, -0.1) is 10.2 Å². The number of hydrogen-bond acceptors (Lipinski definition) is 4. The molecule has 0 unspecified atom stereocenters. The topological polar surface area (TPSA) is 83.4 Å². The molecule has 1 amide bonds. The van der Waals surface area contributed by atoms with Crippen molar-refractivity contribution in [2.45, 2.75) is 12.8 Å². The molecule has 1 aliphatic rings. The third kappa shape index (κ3) is 3.40. The van der Waals surface area contributed by atoms with Gasteiger partial charge in [0, 0.05) is 6.54 Å². The smallest absolute Gasteiger partial charge is 0.323 e. The van der Waals surface area contributed by atoms with Gasteiger partial charge in [0.15, 0.2) is 10.8 Å². The molecule has 0 aromatic carbocycles. The Kier molecular flexibility index (Phi) is 3.76. The molecule has 1 aliphatic carbocycles. The van der Waals surface area contributed by atoms with Gasteiger partial charge in [-0.05, 0) is 30.9 Å². The van der Waals surface area contributed by atoms with E-state index in [1.54, 1.807) is 0 Å². The lowest BCUT2D eigenvalue weighted by Gasteiger charge is -2.19. The normalized spacial score (nSPS) is 14.3. The molecule has 2 rings (SSSR count). The average Bonchev–Trinajstić information content (AvgIpc) is 3.12. The van der Waals surface area contributed by atoms with Crippen LogP contribution in [0.5, 0.6) is 0 Å². The molecule has 0 spiro atoms. The van der Waals surface area contributed by atoms with Crippen LogP contribution >= 0.6 is 11.6 Å². The summed E-state index contributed by atoms with van der Waals surface area (Å²) in [5.41, 5.74) is 0.112. The number of halogens is 1. The highest BCUT2D eigenvalue weighted by atomic mass is 35.5. The highest BCUT2D eigenvalue weighted by Gasteiger charge is 2.29. The van der Waals surface area contributed by atoms with E-state index in [-0.39, 0.29) is 17.4 Å². The van der Waals surface area contributed by atoms with Gasteiger partial charge in [0.25, 0.3) is 5.91 Å². The van der Waals surface area contributed by atoms with Gasteiger partial charge in [-0.1, -0.05) is 11.6 Å². The number of hydrogen-bond donors (Lipinski definition) is 1. The van der Waals surface area contributed by atoms with Crippen LogP contribution in [-0.2, 0) is 4.79 Å². The zero-order chi connectivity index (χ0) is 13.1. The van der Waals surface area contributed by atoms with Crippen LogP contribution in [0.3, 0.4) is 0 Å². The zero-order valence-electron chi connectivity index (χ0n) is 9.54. The fourth-order valence-electron chi connectivity index (χ4n) is 1.59. The highest BCUT2D eigenvalue weighted by molar-refractivity contribution is 6.29. The predicted molar refractivity (Wildman–Crippen MR) is 63.3 cm³/mol. The molecule has 1 aromatic rings. The molecule has 96 valence electrons. The summed E-state index contributed by atoms with van der Waals surface area (Å²) in [4.78, 5) is 24.1. The third-order valence-corrected chi connectivity index (χ3v) is 2.84. The maximum Gasteiger partial charge on any atom is 0.323 e. The maximum absolute atomic E-state index is 12.1. The molecule has 0 radical (unpaired) electrons. The van der Waals surface area contributed by atoms with E-state index >= 15 is 0 Å². The Labute approximate surface area is 109 Å². The van der Waals surface area contributed by atoms with E-state index in [1.165, 1.54) is 17.0 Å². The number of aromatic nitrogens is 2. The zero-order valence-corrected chi connectivity index (χ0v) is 10.3. The second-order valence-electron chi connectivity index (χ2n) is 4.26. The molecular weight excluding hydrogens is 258 g/mol. The van der Waals surface area contributed by atoms with Crippen LogP contribution in [0, 0.1) is 5.92 Å². The molecule has 1 N–H and O–H groups in total. The van der Waals surface area contributed by atoms with Gasteiger partial charge in [-0.25, -0.2) is 0 Å². The molecule has 0 saturated heterocycles. The van der Waals surface area contributed by atoms with Crippen molar-refractivity contribution in [3.05, 3.63) is 23.0 Å². The molecule has 0 aliphatic heterocycles. The van der Waals surface area contributed by atoms with Crippen molar-refractivity contribution in [2.75, 3.05) is 13.1 Å². The minimum atomic E-state index is -1.04. The fourth-order valence-corrected chi connectivity index (χ4v) is 1.69. The van der Waals surface area contributed by atoms with Gasteiger partial charge < -0.3 is 10.0 Å². The highest BCUT2D eigenvalue weighted by Crippen LogP contribution is 2.30. The number of carbonyl (C=O) groups is 2. The van der Waals surface area contributed by atoms with E-state index in [0.717, 1.165) is 12.8 Å². The summed E-state index contributed by atoms with van der Waals surface area (Å²) < 4.78 is 0. The van der Waals surface area contributed by atoms with Crippen molar-refractivity contribution < 1.29 is 14.7 Å². The first kappa shape index (κ1) is 12.8. The van der Waals surface area contributed by atoms with Crippen LogP contribution < -0.4 is 0 Å². The SMILES string of the molecule is O=C(O)CN(CC1CC1)C(=O)c1ccc(Cl)nn1. The molecule has 6 nitrogen and oxygen atoms in total. The molecule has 1 saturated carbocycles. The lowest BCUT2D eigenvalue weighted by Crippen LogP contribution is -2.37. The van der Waals surface area contributed by atoms with Crippen molar-refractivity contribution in [3.8, 4) is 0 Å². The largest absolute Gasteiger partial charge is 0.480 e. The van der Waals surface area contributed by atoms with Gasteiger partial charge in [0.2, 0.25) is 0 Å². The lowest BCUT2D eigenvalue weighted by molar-refractivity contribution is -0.137. The van der Waals surface area contributed by atoms with Crippen molar-refractivity contribution in [2.24, 2.45) is 5.92 Å². The standard InChI is InChI=1S/C11H12ClN3O3/c12-9-4-3-8(13-14-9)11(18)15(6-10(16)17)5-7-1-2-7/h3-4,7H,1-2,5-6H2,(H,16,17). The number of rotatable bonds is 5. The van der Waals surface area contributed by atoms with E-state index < -0.39 is 11.9 Å². The molecular formula is C11H12ClN3O3. The van der Waals surface area contributed by atoms with Gasteiger partial charge in [0.05, 0.1) is 0 Å². The van der Waals surface area contributed by atoms with Crippen molar-refractivity contribution in [1.29, 1.82) is 0 Å². The molecule has 0 bridgehead atoms. The first-order valence-electron chi connectivity index (χ1n) is 5.56. The van der Waals surface area contributed by atoms with Gasteiger partial charge in [-0.2, -0.15) is 0 Å². The summed E-state index contributed by atoms with van der Waals surface area (Å²) in [7, 11) is 0. The van der Waals surface area contributed by atoms with Crippen LogP contribution in [-0.4, -0.2) is 45.2 Å². The Morgan fingerprint density at radius 2 is 2.11 bits per heavy atom. The Bertz CT molecular complexity index is 459. The Balaban J connectivity index is 2.10. The van der Waals surface area contributed by atoms with Crippen LogP contribution in [0.2, 0.25) is 5.15 Å². The molecule has 1 heterocycles. The lowest BCUT2D eigenvalue weighted by atomic mass is 10.3. The van der Waals surface area contributed by atoms with E-state index in [2.05, 4.69) is 10.2 Å². The Morgan fingerprint density at radius 3 is 2.61 bits per heavy atom. The van der Waals surface area contributed by atoms with E-state index in [4.69, 9.17) is 16.7 Å². The second-order valence-corrected chi connectivity index (χ2v) is 4.65. The Morgan fingerprint density at radius 1 is 1.39 bits per heavy atom. The number of aliphatic carboxylic acids is 1. The van der Waals surface area contributed by atoms with Crippen molar-refractivity contribution in [3.63, 3.8) is 0 Å². The first-order valence-corrected chi connectivity index (χ1v) is 5.94. The summed E-state index contributed by atoms with van der Waals surface area (Å²) >= 11 is 5.58. The summed E-state index contributed by atoms with van der Waals surface area (Å²) in [6.45, 7) is 0.134. The summed E-state index contributed by atoms with van der Waals surface area (Å²) in [6.07, 6.45) is 2.07. The summed E-state index contributed by atoms with van der Waals surface area (Å²) in [5, 5.41) is 16.2. The minimum Gasteiger partial charge on any atom is -0.480 e. The summed E-state index contributed by atoms with van der Waals surface area (Å²) in [5.74, 6) is -1.05. The van der Waals surface area contributed by atoms with E-state index in [9.17, 15) is 9.59 Å². The number of amides is 1. The van der Waals surface area contributed by atoms with Crippen LogP contribution in [0.4, 0.5) is 0 Å². The second kappa shape index (κ2) is 5.30. The first-order chi connectivity index (χ1) is 8.56. The molecule has 7 heteroatoms. The minimum absolute atomic E-state index is 0.112. The number of carboxylic acid groups (broad SMARTS) is 1. The number of carbonyl (C=O) groups excluding carboxylic acids is 1. The number of nitrogens with zero attached hydrogens (tertiary/aromatic N) is 3. The van der Waals surface area contributed by atoms with Gasteiger partial charge in [0.1, 0.15) is 6.54 Å². The Hall–Kier alpha value is -1.69. The van der Waals surface area contributed by atoms with Crippen LogP contribution in [0.25, 0.3) is 0 Å². The summed E-state index contributed by atoms with van der Waals surface area (Å²) in [6, 6.07) is 2.90. The fraction of sp³-hybridized carbons (Fsp3) is 0.455. The third-order valence-electron chi connectivity index (χ3n) is 2.64. The van der Waals surface area contributed by atoms with Crippen LogP contribution in [0.15, 0.2) is 12.1 Å². The number of carboxylic acids is 1. The van der Waals surface area contributed by atoms with E-state index in [1.807, 2.05) is 0 Å². The van der Waals surface area contributed by atoms with Gasteiger partial charge >= 0.3 is 5.97 Å². The van der Waals surface area contributed by atoms with Crippen molar-refractivity contribution in [1.82, 2.24) is 15.1 Å². The molecule has 0 atom stereocenters. The van der Waals surface area contributed by atoms with Gasteiger partial charge in [-0.3, -0.25) is 9.59 Å².